The fraction of sp³-hybridized carbons (Fsp3) is 0.167. The minimum atomic E-state index is -0.623. The molecular formula is C24H23N3O. The van der Waals surface area contributed by atoms with Crippen LogP contribution in [0.15, 0.2) is 91.5 Å². The Labute approximate surface area is 165 Å². The molecule has 4 heteroatoms. The van der Waals surface area contributed by atoms with Crippen molar-refractivity contribution in [1.82, 2.24) is 14.5 Å². The zero-order chi connectivity index (χ0) is 19.2. The lowest BCUT2D eigenvalue weighted by Crippen LogP contribution is -2.12. The Bertz CT molecular complexity index is 998. The molecule has 28 heavy (non-hydrogen) atoms. The van der Waals surface area contributed by atoms with Crippen molar-refractivity contribution >= 4 is 0 Å². The average molecular weight is 369 g/mol. The van der Waals surface area contributed by atoms with Gasteiger partial charge in [0.25, 0.3) is 0 Å². The number of imidazole rings is 1. The first kappa shape index (κ1) is 18.1. The molecule has 1 N–H and O–H groups in total. The summed E-state index contributed by atoms with van der Waals surface area (Å²) < 4.78 is 2.07. The molecule has 0 unspecified atom stereocenters. The van der Waals surface area contributed by atoms with Gasteiger partial charge in [0.05, 0.1) is 24.7 Å². The molecule has 0 saturated carbocycles. The molecule has 0 radical (unpaired) electrons. The van der Waals surface area contributed by atoms with Crippen LogP contribution in [0.1, 0.15) is 22.9 Å². The molecule has 0 aliphatic rings. The third-order valence-electron chi connectivity index (χ3n) is 4.93. The van der Waals surface area contributed by atoms with Crippen LogP contribution in [0.25, 0.3) is 11.3 Å². The summed E-state index contributed by atoms with van der Waals surface area (Å²) in [5.41, 5.74) is 5.32. The fourth-order valence-electron chi connectivity index (χ4n) is 3.44. The molecule has 140 valence electrons. The number of pyridine rings is 1. The summed E-state index contributed by atoms with van der Waals surface area (Å²) in [6, 6.07) is 24.4. The van der Waals surface area contributed by atoms with Gasteiger partial charge in [0.1, 0.15) is 0 Å². The van der Waals surface area contributed by atoms with Crippen molar-refractivity contribution in [3.63, 3.8) is 0 Å². The molecule has 0 aliphatic carbocycles. The molecule has 4 rings (SSSR count). The number of hydrogen-bond donors (Lipinski definition) is 1. The van der Waals surface area contributed by atoms with Crippen LogP contribution in [-0.2, 0) is 19.4 Å². The molecule has 0 spiro atoms. The maximum Gasteiger partial charge on any atom is 0.0984 e. The predicted octanol–water partition coefficient (Wildman–Crippen LogP) is 4.46. The first-order valence-electron chi connectivity index (χ1n) is 9.52. The van der Waals surface area contributed by atoms with Crippen LogP contribution >= 0.6 is 0 Å². The number of aryl methyl sites for hydroxylation is 1. The second kappa shape index (κ2) is 8.63. The molecular weight excluding hydrogens is 346 g/mol. The van der Waals surface area contributed by atoms with E-state index in [9.17, 15) is 5.11 Å². The van der Waals surface area contributed by atoms with Crippen LogP contribution in [0.4, 0.5) is 0 Å². The van der Waals surface area contributed by atoms with Crippen LogP contribution in [0.2, 0.25) is 0 Å². The van der Waals surface area contributed by atoms with Gasteiger partial charge in [-0.05, 0) is 24.5 Å². The van der Waals surface area contributed by atoms with Gasteiger partial charge in [0.2, 0.25) is 0 Å². The van der Waals surface area contributed by atoms with Crippen molar-refractivity contribution in [3.8, 4) is 11.3 Å². The van der Waals surface area contributed by atoms with E-state index >= 15 is 0 Å². The van der Waals surface area contributed by atoms with E-state index < -0.39 is 6.10 Å². The van der Waals surface area contributed by atoms with E-state index in [0.29, 0.717) is 6.54 Å². The quantitative estimate of drug-likeness (QED) is 0.523. The zero-order valence-corrected chi connectivity index (χ0v) is 15.6. The molecule has 4 aromatic rings. The highest BCUT2D eigenvalue weighted by Crippen LogP contribution is 2.25. The topological polar surface area (TPSA) is 50.9 Å². The van der Waals surface area contributed by atoms with Crippen molar-refractivity contribution in [2.75, 3.05) is 0 Å². The predicted molar refractivity (Wildman–Crippen MR) is 111 cm³/mol. The van der Waals surface area contributed by atoms with Crippen LogP contribution in [-0.4, -0.2) is 19.6 Å². The van der Waals surface area contributed by atoms with Crippen molar-refractivity contribution in [2.45, 2.75) is 25.5 Å². The molecule has 2 aromatic carbocycles. The van der Waals surface area contributed by atoms with Gasteiger partial charge in [-0.15, -0.1) is 0 Å². The van der Waals surface area contributed by atoms with Crippen LogP contribution in [0, 0.1) is 0 Å². The van der Waals surface area contributed by atoms with Crippen molar-refractivity contribution < 1.29 is 5.11 Å². The lowest BCUT2D eigenvalue weighted by molar-refractivity contribution is 0.155. The van der Waals surface area contributed by atoms with Gasteiger partial charge in [-0.25, -0.2) is 4.98 Å². The number of aromatic nitrogens is 3. The largest absolute Gasteiger partial charge is 0.386 e. The second-order valence-electron chi connectivity index (χ2n) is 6.85. The fourth-order valence-corrected chi connectivity index (χ4v) is 3.44. The smallest absolute Gasteiger partial charge is 0.0984 e. The van der Waals surface area contributed by atoms with Crippen molar-refractivity contribution in [2.24, 2.45) is 0 Å². The number of hydrogen-bond acceptors (Lipinski definition) is 3. The SMILES string of the molecule is O[C@@H](Cn1cnc(-c2ccccc2)c1CCc1ccccc1)c1cccnc1. The first-order valence-corrected chi connectivity index (χ1v) is 9.52. The van der Waals surface area contributed by atoms with E-state index in [1.165, 1.54) is 5.56 Å². The third kappa shape index (κ3) is 4.18. The Morgan fingerprint density at radius 3 is 2.32 bits per heavy atom. The van der Waals surface area contributed by atoms with E-state index in [1.54, 1.807) is 12.4 Å². The highest BCUT2D eigenvalue weighted by Gasteiger charge is 2.16. The molecule has 0 amide bonds. The van der Waals surface area contributed by atoms with Gasteiger partial charge in [-0.3, -0.25) is 4.98 Å². The maximum atomic E-state index is 10.7. The standard InChI is InChI=1S/C24H23N3O/c28-23(21-12-7-15-25-16-21)17-27-18-26-24(20-10-5-2-6-11-20)22(27)14-13-19-8-3-1-4-9-19/h1-12,15-16,18,23,28H,13-14,17H2/t23-/m0/s1. The van der Waals surface area contributed by atoms with Gasteiger partial charge in [-0.1, -0.05) is 66.7 Å². The van der Waals surface area contributed by atoms with E-state index in [4.69, 9.17) is 0 Å². The summed E-state index contributed by atoms with van der Waals surface area (Å²) >= 11 is 0. The Morgan fingerprint density at radius 1 is 0.857 bits per heavy atom. The minimum absolute atomic E-state index is 0.454. The van der Waals surface area contributed by atoms with Gasteiger partial charge in [0, 0.05) is 29.2 Å². The van der Waals surface area contributed by atoms with Gasteiger partial charge >= 0.3 is 0 Å². The highest BCUT2D eigenvalue weighted by atomic mass is 16.3. The van der Waals surface area contributed by atoms with E-state index in [1.807, 2.05) is 42.7 Å². The summed E-state index contributed by atoms with van der Waals surface area (Å²) in [4.78, 5) is 8.80. The van der Waals surface area contributed by atoms with Crippen LogP contribution in [0.3, 0.4) is 0 Å². The van der Waals surface area contributed by atoms with Crippen molar-refractivity contribution in [1.29, 1.82) is 0 Å². The Kier molecular flexibility index (Phi) is 5.59. The van der Waals surface area contributed by atoms with Gasteiger partial charge < -0.3 is 9.67 Å². The molecule has 0 aliphatic heterocycles. The Hall–Kier alpha value is -3.24. The molecule has 0 bridgehead atoms. The maximum absolute atomic E-state index is 10.7. The number of aliphatic hydroxyl groups is 1. The summed E-state index contributed by atoms with van der Waals surface area (Å²) in [5.74, 6) is 0. The molecule has 2 aromatic heterocycles. The molecule has 2 heterocycles. The minimum Gasteiger partial charge on any atom is -0.386 e. The lowest BCUT2D eigenvalue weighted by Gasteiger charge is -2.15. The first-order chi connectivity index (χ1) is 13.8. The van der Waals surface area contributed by atoms with Crippen LogP contribution in [0.5, 0.6) is 0 Å². The lowest BCUT2D eigenvalue weighted by atomic mass is 10.0. The van der Waals surface area contributed by atoms with E-state index in [0.717, 1.165) is 35.4 Å². The number of nitrogens with zero attached hydrogens (tertiary/aromatic N) is 3. The summed E-state index contributed by atoms with van der Waals surface area (Å²) in [6.45, 7) is 0.454. The average Bonchev–Trinajstić information content (AvgIpc) is 3.16. The highest BCUT2D eigenvalue weighted by molar-refractivity contribution is 5.62. The second-order valence-corrected chi connectivity index (χ2v) is 6.85. The summed E-state index contributed by atoms with van der Waals surface area (Å²) in [6.07, 6.45) is 6.42. The molecule has 1 atom stereocenters. The summed E-state index contributed by atoms with van der Waals surface area (Å²) in [5, 5.41) is 10.7. The number of benzene rings is 2. The normalized spacial score (nSPS) is 12.0. The number of rotatable bonds is 7. The molecule has 4 nitrogen and oxygen atoms in total. The monoisotopic (exact) mass is 369 g/mol. The van der Waals surface area contributed by atoms with Crippen LogP contribution < -0.4 is 0 Å². The van der Waals surface area contributed by atoms with Gasteiger partial charge in [0.15, 0.2) is 0 Å². The van der Waals surface area contributed by atoms with E-state index in [2.05, 4.69) is 50.9 Å². The molecule has 0 fully saturated rings. The Balaban J connectivity index is 1.63. The molecule has 0 saturated heterocycles. The summed E-state index contributed by atoms with van der Waals surface area (Å²) in [7, 11) is 0. The number of aliphatic hydroxyl groups excluding tert-OH is 1. The van der Waals surface area contributed by atoms with Gasteiger partial charge in [-0.2, -0.15) is 0 Å². The zero-order valence-electron chi connectivity index (χ0n) is 15.6. The van der Waals surface area contributed by atoms with E-state index in [-0.39, 0.29) is 0 Å². The Morgan fingerprint density at radius 2 is 1.61 bits per heavy atom. The third-order valence-corrected chi connectivity index (χ3v) is 4.93. The van der Waals surface area contributed by atoms with Crippen molar-refractivity contribution in [3.05, 3.63) is 108 Å².